The molecule has 80 valence electrons. The molecule has 10 nitrogen and oxygen atoms in total. The van der Waals surface area contributed by atoms with E-state index >= 15 is 0 Å². The van der Waals surface area contributed by atoms with Gasteiger partial charge in [-0.25, -0.2) is 0 Å². The van der Waals surface area contributed by atoms with Gasteiger partial charge in [-0.1, -0.05) is 0 Å². The van der Waals surface area contributed by atoms with Gasteiger partial charge in [-0.05, 0) is 0 Å². The molecule has 0 aliphatic rings. The van der Waals surface area contributed by atoms with Gasteiger partial charge in [0.25, 0.3) is 0 Å². The van der Waals surface area contributed by atoms with Crippen LogP contribution in [0.15, 0.2) is 0 Å². The molecule has 15 heteroatoms. The molecule has 0 aromatic heterocycles. The fraction of sp³-hybridized carbons (Fsp3) is 0. The van der Waals surface area contributed by atoms with Crippen LogP contribution in [0.3, 0.4) is 0 Å². The number of rotatable bonds is 0. The summed E-state index contributed by atoms with van der Waals surface area (Å²) < 4.78 is 68.2. The second kappa shape index (κ2) is 18.3. The van der Waals surface area contributed by atoms with Crippen LogP contribution in [0, 0.1) is 0 Å². The van der Waals surface area contributed by atoms with Crippen molar-refractivity contribution >= 4 is 90.0 Å². The first-order valence-electron chi connectivity index (χ1n) is 1.33. The van der Waals surface area contributed by atoms with Crippen LogP contribution in [0.4, 0.5) is 0 Å². The van der Waals surface area contributed by atoms with Crippen molar-refractivity contribution in [3.05, 3.63) is 0 Å². The van der Waals surface area contributed by atoms with Crippen LogP contribution in [0.5, 0.6) is 0 Å². The van der Waals surface area contributed by atoms with E-state index in [4.69, 9.17) is 35.0 Å². The molecule has 0 heterocycles. The van der Waals surface area contributed by atoms with Gasteiger partial charge in [0.2, 0.25) is 0 Å². The van der Waals surface area contributed by atoms with Gasteiger partial charge in [0.1, 0.15) is 0 Å². The van der Waals surface area contributed by atoms with E-state index < -0.39 is 20.8 Å². The average molecular weight is 299 g/mol. The molecule has 0 aromatic rings. The SMILES string of the molecule is O=S(=O)([O-])[O-].O=S(=O)([O-])[O-].[Mg+2].[Mg+2].[Mg+2].[OH-].[OH-]. The van der Waals surface area contributed by atoms with Crippen LogP contribution in [0.1, 0.15) is 0 Å². The summed E-state index contributed by atoms with van der Waals surface area (Å²) in [7, 11) is -10.3. The van der Waals surface area contributed by atoms with Crippen molar-refractivity contribution in [2.24, 2.45) is 0 Å². The Labute approximate surface area is 134 Å². The summed E-state index contributed by atoms with van der Waals surface area (Å²) in [5, 5.41) is 0. The van der Waals surface area contributed by atoms with E-state index in [-0.39, 0.29) is 80.1 Å². The minimum absolute atomic E-state index is 0. The zero-order valence-corrected chi connectivity index (χ0v) is 13.0. The van der Waals surface area contributed by atoms with E-state index in [1.54, 1.807) is 0 Å². The second-order valence-electron chi connectivity index (χ2n) is 0.816. The largest absolute Gasteiger partial charge is 2.00 e. The summed E-state index contributed by atoms with van der Waals surface area (Å²) in [6, 6.07) is 0. The van der Waals surface area contributed by atoms with Crippen LogP contribution in [-0.4, -0.2) is 115 Å². The first-order valence-corrected chi connectivity index (χ1v) is 4.00. The summed E-state index contributed by atoms with van der Waals surface area (Å²) in [5.74, 6) is 0. The molecule has 0 aliphatic heterocycles. The van der Waals surface area contributed by atoms with E-state index in [0.29, 0.717) is 0 Å². The molecule has 15 heavy (non-hydrogen) atoms. The molecular formula is H2Mg3O10S2. The molecule has 0 radical (unpaired) electrons. The van der Waals surface area contributed by atoms with E-state index in [0.717, 1.165) is 0 Å². The number of hydrogen-bond acceptors (Lipinski definition) is 10. The Morgan fingerprint density at radius 2 is 0.533 bits per heavy atom. The summed E-state index contributed by atoms with van der Waals surface area (Å²) in [6.45, 7) is 0. The first-order chi connectivity index (χ1) is 4.00. The smallest absolute Gasteiger partial charge is 0.870 e. The Morgan fingerprint density at radius 1 is 0.533 bits per heavy atom. The van der Waals surface area contributed by atoms with Crippen molar-refractivity contribution in [1.29, 1.82) is 0 Å². The van der Waals surface area contributed by atoms with Crippen LogP contribution in [0.25, 0.3) is 0 Å². The molecule has 0 saturated heterocycles. The van der Waals surface area contributed by atoms with Crippen molar-refractivity contribution in [2.75, 3.05) is 0 Å². The predicted octanol–water partition coefficient (Wildman–Crippen LogP) is -4.17. The van der Waals surface area contributed by atoms with Gasteiger partial charge in [0, 0.05) is 20.8 Å². The fourth-order valence-corrected chi connectivity index (χ4v) is 0. The molecule has 0 fully saturated rings. The van der Waals surface area contributed by atoms with Crippen molar-refractivity contribution in [2.45, 2.75) is 0 Å². The van der Waals surface area contributed by atoms with E-state index in [9.17, 15) is 0 Å². The minimum Gasteiger partial charge on any atom is -0.870 e. The molecule has 0 amide bonds. The van der Waals surface area contributed by atoms with Crippen LogP contribution in [0.2, 0.25) is 0 Å². The summed E-state index contributed by atoms with van der Waals surface area (Å²) in [4.78, 5) is 0. The van der Waals surface area contributed by atoms with Crippen molar-refractivity contribution in [3.8, 4) is 0 Å². The van der Waals surface area contributed by atoms with Gasteiger partial charge in [-0.3, -0.25) is 16.8 Å². The third-order valence-corrected chi connectivity index (χ3v) is 0. The van der Waals surface area contributed by atoms with Gasteiger partial charge in [-0.15, -0.1) is 0 Å². The van der Waals surface area contributed by atoms with Crippen molar-refractivity contribution in [3.63, 3.8) is 0 Å². The third kappa shape index (κ3) is 810. The fourth-order valence-electron chi connectivity index (χ4n) is 0. The topological polar surface area (TPSA) is 221 Å². The summed E-state index contributed by atoms with van der Waals surface area (Å²) in [5.41, 5.74) is 0. The molecule has 0 saturated carbocycles. The zero-order valence-electron chi connectivity index (χ0n) is 7.10. The van der Waals surface area contributed by atoms with Gasteiger partial charge < -0.3 is 29.2 Å². The third-order valence-electron chi connectivity index (χ3n) is 0. The molecule has 2 N–H and O–H groups in total. The zero-order chi connectivity index (χ0) is 9.00. The maximum absolute atomic E-state index is 8.52. The molecule has 0 aliphatic carbocycles. The van der Waals surface area contributed by atoms with Crippen LogP contribution >= 0.6 is 0 Å². The molecule has 0 aromatic carbocycles. The molecular weight excluding hydrogens is 297 g/mol. The van der Waals surface area contributed by atoms with Gasteiger partial charge in [-0.2, -0.15) is 0 Å². The van der Waals surface area contributed by atoms with Gasteiger partial charge in [0.05, 0.1) is 0 Å². The van der Waals surface area contributed by atoms with Gasteiger partial charge >= 0.3 is 69.2 Å². The summed E-state index contributed by atoms with van der Waals surface area (Å²) in [6.07, 6.45) is 0. The van der Waals surface area contributed by atoms with Gasteiger partial charge in [0.15, 0.2) is 0 Å². The van der Waals surface area contributed by atoms with E-state index in [2.05, 4.69) is 0 Å². The quantitative estimate of drug-likeness (QED) is 0.238. The normalized spacial score (nSPS) is 7.73. The molecule has 0 unspecified atom stereocenters. The Morgan fingerprint density at radius 3 is 0.533 bits per heavy atom. The maximum Gasteiger partial charge on any atom is 2.00 e. The Balaban J connectivity index is -0.0000000128. The van der Waals surface area contributed by atoms with Crippen molar-refractivity contribution in [1.82, 2.24) is 0 Å². The first kappa shape index (κ1) is 43.5. The van der Waals surface area contributed by atoms with Crippen molar-refractivity contribution < 1.29 is 46.0 Å². The standard InChI is InChI=1S/3Mg.2H2O4S.2H2O/c;;;2*1-5(2,3)4;;/h;;;2*(H2,1,2,3,4);2*1H2/q3*+2;;;;/p-6. The molecule has 0 spiro atoms. The van der Waals surface area contributed by atoms with Crippen LogP contribution < -0.4 is 0 Å². The van der Waals surface area contributed by atoms with Crippen LogP contribution in [-0.2, 0) is 20.8 Å². The average Bonchev–Trinajstić information content (AvgIpc) is 1.12. The predicted molar refractivity (Wildman–Crippen MR) is 42.1 cm³/mol. The van der Waals surface area contributed by atoms with E-state index in [1.807, 2.05) is 0 Å². The maximum atomic E-state index is 8.52. The molecule has 0 rings (SSSR count). The minimum atomic E-state index is -5.17. The Hall–Kier alpha value is 1.96. The summed E-state index contributed by atoms with van der Waals surface area (Å²) >= 11 is 0. The molecule has 0 bridgehead atoms. The molecule has 0 atom stereocenters. The monoisotopic (exact) mass is 298 g/mol. The van der Waals surface area contributed by atoms with E-state index in [1.165, 1.54) is 0 Å². The Bertz CT molecular complexity index is 215. The number of hydrogen-bond donors (Lipinski definition) is 0. The Kier molecular flexibility index (Phi) is 53.2. The second-order valence-corrected chi connectivity index (χ2v) is 2.45.